The minimum atomic E-state index is -0.407. The highest BCUT2D eigenvalue weighted by atomic mass is 16.5. The van der Waals surface area contributed by atoms with E-state index in [2.05, 4.69) is 17.4 Å². The SMILES string of the molecule is CCOCC(O)CNCCc1ccccc1. The number of aliphatic hydroxyl groups is 1. The van der Waals surface area contributed by atoms with Crippen molar-refractivity contribution in [2.75, 3.05) is 26.3 Å². The van der Waals surface area contributed by atoms with Crippen LogP contribution < -0.4 is 5.32 Å². The Morgan fingerprint density at radius 1 is 1.31 bits per heavy atom. The average Bonchev–Trinajstić information content (AvgIpc) is 2.33. The molecule has 1 aromatic rings. The van der Waals surface area contributed by atoms with Gasteiger partial charge in [-0.2, -0.15) is 0 Å². The Kier molecular flexibility index (Phi) is 6.81. The Labute approximate surface area is 97.4 Å². The molecule has 0 heterocycles. The molecule has 0 radical (unpaired) electrons. The Morgan fingerprint density at radius 2 is 2.06 bits per heavy atom. The molecule has 3 heteroatoms. The van der Waals surface area contributed by atoms with E-state index >= 15 is 0 Å². The van der Waals surface area contributed by atoms with Crippen LogP contribution in [0, 0.1) is 0 Å². The van der Waals surface area contributed by atoms with E-state index in [0.717, 1.165) is 13.0 Å². The summed E-state index contributed by atoms with van der Waals surface area (Å²) in [5.41, 5.74) is 1.31. The van der Waals surface area contributed by atoms with Gasteiger partial charge < -0.3 is 15.2 Å². The standard InChI is InChI=1S/C13H21NO2/c1-2-16-11-13(15)10-14-9-8-12-6-4-3-5-7-12/h3-7,13-15H,2,8-11H2,1H3. The molecule has 0 bridgehead atoms. The lowest BCUT2D eigenvalue weighted by atomic mass is 10.1. The van der Waals surface area contributed by atoms with Gasteiger partial charge in [-0.05, 0) is 25.5 Å². The van der Waals surface area contributed by atoms with E-state index in [9.17, 15) is 5.11 Å². The summed E-state index contributed by atoms with van der Waals surface area (Å²) in [6, 6.07) is 10.3. The predicted molar refractivity (Wildman–Crippen MR) is 65.5 cm³/mol. The highest BCUT2D eigenvalue weighted by Gasteiger charge is 2.02. The molecule has 90 valence electrons. The fourth-order valence-electron chi connectivity index (χ4n) is 1.46. The molecule has 1 unspecified atom stereocenters. The van der Waals surface area contributed by atoms with Gasteiger partial charge in [0, 0.05) is 13.2 Å². The van der Waals surface area contributed by atoms with E-state index in [1.807, 2.05) is 25.1 Å². The minimum absolute atomic E-state index is 0.407. The van der Waals surface area contributed by atoms with E-state index in [1.54, 1.807) is 0 Å². The zero-order chi connectivity index (χ0) is 11.6. The maximum atomic E-state index is 9.49. The Balaban J connectivity index is 2.03. The summed E-state index contributed by atoms with van der Waals surface area (Å²) in [5, 5.41) is 12.7. The predicted octanol–water partition coefficient (Wildman–Crippen LogP) is 1.22. The van der Waals surface area contributed by atoms with Crippen molar-refractivity contribution in [3.05, 3.63) is 35.9 Å². The van der Waals surface area contributed by atoms with E-state index in [4.69, 9.17) is 4.74 Å². The third-order valence-electron chi connectivity index (χ3n) is 2.33. The molecule has 0 saturated carbocycles. The molecule has 1 aromatic carbocycles. The molecule has 1 atom stereocenters. The highest BCUT2D eigenvalue weighted by molar-refractivity contribution is 5.14. The second-order valence-electron chi connectivity index (χ2n) is 3.75. The van der Waals surface area contributed by atoms with Crippen molar-refractivity contribution in [3.63, 3.8) is 0 Å². The lowest BCUT2D eigenvalue weighted by Gasteiger charge is -2.11. The number of ether oxygens (including phenoxy) is 1. The van der Waals surface area contributed by atoms with Crippen LogP contribution in [0.3, 0.4) is 0 Å². The van der Waals surface area contributed by atoms with E-state index < -0.39 is 6.10 Å². The summed E-state index contributed by atoms with van der Waals surface area (Å²) in [6.45, 7) is 4.46. The summed E-state index contributed by atoms with van der Waals surface area (Å²) in [7, 11) is 0. The van der Waals surface area contributed by atoms with Gasteiger partial charge in [0.2, 0.25) is 0 Å². The normalized spacial score (nSPS) is 12.6. The van der Waals surface area contributed by atoms with Gasteiger partial charge in [0.05, 0.1) is 12.7 Å². The molecule has 0 saturated heterocycles. The van der Waals surface area contributed by atoms with Gasteiger partial charge in [-0.15, -0.1) is 0 Å². The van der Waals surface area contributed by atoms with Crippen molar-refractivity contribution in [2.45, 2.75) is 19.4 Å². The maximum Gasteiger partial charge on any atom is 0.0897 e. The number of benzene rings is 1. The van der Waals surface area contributed by atoms with Crippen molar-refractivity contribution in [1.82, 2.24) is 5.32 Å². The summed E-state index contributed by atoms with van der Waals surface area (Å²) >= 11 is 0. The largest absolute Gasteiger partial charge is 0.389 e. The Bertz CT molecular complexity index is 264. The van der Waals surface area contributed by atoms with Crippen LogP contribution in [0.25, 0.3) is 0 Å². The van der Waals surface area contributed by atoms with Crippen molar-refractivity contribution >= 4 is 0 Å². The summed E-state index contributed by atoms with van der Waals surface area (Å²) in [5.74, 6) is 0. The van der Waals surface area contributed by atoms with Crippen LogP contribution in [0.5, 0.6) is 0 Å². The van der Waals surface area contributed by atoms with Gasteiger partial charge in [0.15, 0.2) is 0 Å². The number of rotatable bonds is 8. The van der Waals surface area contributed by atoms with Crippen molar-refractivity contribution in [3.8, 4) is 0 Å². The van der Waals surface area contributed by atoms with Crippen LogP contribution in [-0.4, -0.2) is 37.5 Å². The molecule has 0 aliphatic rings. The first-order valence-corrected chi connectivity index (χ1v) is 5.83. The molecule has 0 aromatic heterocycles. The lowest BCUT2D eigenvalue weighted by molar-refractivity contribution is 0.0430. The number of hydrogen-bond donors (Lipinski definition) is 2. The summed E-state index contributed by atoms with van der Waals surface area (Å²) < 4.78 is 5.12. The molecule has 0 aliphatic heterocycles. The molecule has 16 heavy (non-hydrogen) atoms. The molecule has 2 N–H and O–H groups in total. The van der Waals surface area contributed by atoms with Gasteiger partial charge in [-0.1, -0.05) is 30.3 Å². The second kappa shape index (κ2) is 8.28. The minimum Gasteiger partial charge on any atom is -0.389 e. The van der Waals surface area contributed by atoms with Crippen molar-refractivity contribution in [1.29, 1.82) is 0 Å². The highest BCUT2D eigenvalue weighted by Crippen LogP contribution is 1.98. The average molecular weight is 223 g/mol. The first kappa shape index (κ1) is 13.2. The fraction of sp³-hybridized carbons (Fsp3) is 0.538. The number of nitrogens with one attached hydrogen (secondary N) is 1. The molecular weight excluding hydrogens is 202 g/mol. The Morgan fingerprint density at radius 3 is 2.75 bits per heavy atom. The monoisotopic (exact) mass is 223 g/mol. The third kappa shape index (κ3) is 5.85. The van der Waals surface area contributed by atoms with Gasteiger partial charge in [-0.3, -0.25) is 0 Å². The molecule has 0 amide bonds. The molecular formula is C13H21NO2. The maximum absolute atomic E-state index is 9.49. The first-order chi connectivity index (χ1) is 7.83. The van der Waals surface area contributed by atoms with Crippen LogP contribution in [0.15, 0.2) is 30.3 Å². The van der Waals surface area contributed by atoms with Crippen LogP contribution in [0.2, 0.25) is 0 Å². The van der Waals surface area contributed by atoms with E-state index in [0.29, 0.717) is 19.8 Å². The fourth-order valence-corrected chi connectivity index (χ4v) is 1.46. The van der Waals surface area contributed by atoms with Gasteiger partial charge in [-0.25, -0.2) is 0 Å². The Hall–Kier alpha value is -0.900. The smallest absolute Gasteiger partial charge is 0.0897 e. The van der Waals surface area contributed by atoms with Crippen molar-refractivity contribution in [2.24, 2.45) is 0 Å². The topological polar surface area (TPSA) is 41.5 Å². The van der Waals surface area contributed by atoms with Gasteiger partial charge in [0.1, 0.15) is 0 Å². The molecule has 3 nitrogen and oxygen atoms in total. The molecule has 0 fully saturated rings. The van der Waals surface area contributed by atoms with E-state index in [-0.39, 0.29) is 0 Å². The van der Waals surface area contributed by atoms with Crippen LogP contribution in [0.1, 0.15) is 12.5 Å². The third-order valence-corrected chi connectivity index (χ3v) is 2.33. The van der Waals surface area contributed by atoms with Gasteiger partial charge >= 0.3 is 0 Å². The first-order valence-electron chi connectivity index (χ1n) is 5.83. The lowest BCUT2D eigenvalue weighted by Crippen LogP contribution is -2.31. The van der Waals surface area contributed by atoms with Crippen molar-refractivity contribution < 1.29 is 9.84 Å². The van der Waals surface area contributed by atoms with Crippen LogP contribution in [0.4, 0.5) is 0 Å². The molecule has 0 aliphatic carbocycles. The molecule has 0 spiro atoms. The zero-order valence-electron chi connectivity index (χ0n) is 9.86. The number of hydrogen-bond acceptors (Lipinski definition) is 3. The van der Waals surface area contributed by atoms with Gasteiger partial charge in [0.25, 0.3) is 0 Å². The van der Waals surface area contributed by atoms with Crippen LogP contribution >= 0.6 is 0 Å². The summed E-state index contributed by atoms with van der Waals surface area (Å²) in [6.07, 6.45) is 0.582. The summed E-state index contributed by atoms with van der Waals surface area (Å²) in [4.78, 5) is 0. The quantitative estimate of drug-likeness (QED) is 0.651. The van der Waals surface area contributed by atoms with Crippen LogP contribution in [-0.2, 0) is 11.2 Å². The van der Waals surface area contributed by atoms with E-state index in [1.165, 1.54) is 5.56 Å². The molecule has 1 rings (SSSR count). The zero-order valence-corrected chi connectivity index (χ0v) is 9.86. The second-order valence-corrected chi connectivity index (χ2v) is 3.75. The number of aliphatic hydroxyl groups excluding tert-OH is 1.